The van der Waals surface area contributed by atoms with Crippen LogP contribution >= 0.6 is 15.9 Å². The molecule has 0 saturated carbocycles. The molecule has 86 valence electrons. The summed E-state index contributed by atoms with van der Waals surface area (Å²) >= 11 is 3.28. The second-order valence-electron chi connectivity index (χ2n) is 3.56. The predicted octanol–water partition coefficient (Wildman–Crippen LogP) is 2.32. The molecule has 0 unspecified atom stereocenters. The molecular weight excluding hydrogens is 276 g/mol. The van der Waals surface area contributed by atoms with Gasteiger partial charge in [-0.1, -0.05) is 15.9 Å². The van der Waals surface area contributed by atoms with Crippen LogP contribution in [0.25, 0.3) is 0 Å². The molecule has 0 aliphatic heterocycles. The zero-order chi connectivity index (χ0) is 12.5. The maximum atomic E-state index is 10.9. The SMILES string of the molecule is Cc1cc(Br)cc(C)c1C(C(=O)O)C(=O)O. The van der Waals surface area contributed by atoms with E-state index in [0.717, 1.165) is 4.47 Å². The van der Waals surface area contributed by atoms with Gasteiger partial charge in [0.15, 0.2) is 5.92 Å². The monoisotopic (exact) mass is 286 g/mol. The molecule has 5 heteroatoms. The Morgan fingerprint density at radius 1 is 1.12 bits per heavy atom. The average Bonchev–Trinajstić information content (AvgIpc) is 2.09. The van der Waals surface area contributed by atoms with Crippen LogP contribution in [0.5, 0.6) is 0 Å². The van der Waals surface area contributed by atoms with E-state index in [0.29, 0.717) is 16.7 Å². The van der Waals surface area contributed by atoms with Gasteiger partial charge in [-0.15, -0.1) is 0 Å². The van der Waals surface area contributed by atoms with E-state index in [1.54, 1.807) is 26.0 Å². The Bertz CT molecular complexity index is 416. The van der Waals surface area contributed by atoms with Gasteiger partial charge in [0.25, 0.3) is 0 Å². The van der Waals surface area contributed by atoms with Crippen LogP contribution in [0.1, 0.15) is 22.6 Å². The molecule has 0 heterocycles. The van der Waals surface area contributed by atoms with E-state index in [9.17, 15) is 9.59 Å². The maximum Gasteiger partial charge on any atom is 0.322 e. The zero-order valence-corrected chi connectivity index (χ0v) is 10.4. The summed E-state index contributed by atoms with van der Waals surface area (Å²) in [6.07, 6.45) is 0. The third-order valence-electron chi connectivity index (χ3n) is 2.34. The molecule has 0 radical (unpaired) electrons. The first-order valence-corrected chi connectivity index (χ1v) is 5.36. The second kappa shape index (κ2) is 4.65. The minimum absolute atomic E-state index is 0.350. The molecule has 0 atom stereocenters. The van der Waals surface area contributed by atoms with Crippen molar-refractivity contribution in [2.75, 3.05) is 0 Å². The van der Waals surface area contributed by atoms with E-state index < -0.39 is 17.9 Å². The summed E-state index contributed by atoms with van der Waals surface area (Å²) < 4.78 is 0.806. The van der Waals surface area contributed by atoms with E-state index in [1.165, 1.54) is 0 Å². The van der Waals surface area contributed by atoms with Gasteiger partial charge in [-0.25, -0.2) is 0 Å². The van der Waals surface area contributed by atoms with Crippen molar-refractivity contribution in [2.45, 2.75) is 19.8 Å². The van der Waals surface area contributed by atoms with Gasteiger partial charge in [0, 0.05) is 4.47 Å². The van der Waals surface area contributed by atoms with Crippen molar-refractivity contribution < 1.29 is 19.8 Å². The minimum Gasteiger partial charge on any atom is -0.480 e. The first-order valence-electron chi connectivity index (χ1n) is 4.57. The average molecular weight is 287 g/mol. The summed E-state index contributed by atoms with van der Waals surface area (Å²) in [6, 6.07) is 3.42. The van der Waals surface area contributed by atoms with Crippen LogP contribution in [0, 0.1) is 13.8 Å². The highest BCUT2D eigenvalue weighted by molar-refractivity contribution is 9.10. The molecule has 4 nitrogen and oxygen atoms in total. The molecule has 0 amide bonds. The quantitative estimate of drug-likeness (QED) is 0.837. The Morgan fingerprint density at radius 2 is 1.50 bits per heavy atom. The molecule has 0 fully saturated rings. The zero-order valence-electron chi connectivity index (χ0n) is 8.82. The Balaban J connectivity index is 3.41. The topological polar surface area (TPSA) is 74.6 Å². The highest BCUT2D eigenvalue weighted by atomic mass is 79.9. The van der Waals surface area contributed by atoms with E-state index in [1.807, 2.05) is 0 Å². The standard InChI is InChI=1S/C11H11BrO4/c1-5-3-7(12)4-6(2)8(5)9(10(13)14)11(15)16/h3-4,9H,1-2H3,(H,13,14)(H,15,16). The van der Waals surface area contributed by atoms with Gasteiger partial charge < -0.3 is 10.2 Å². The molecule has 16 heavy (non-hydrogen) atoms. The van der Waals surface area contributed by atoms with Crippen LogP contribution in [0.4, 0.5) is 0 Å². The number of rotatable bonds is 3. The van der Waals surface area contributed by atoms with Gasteiger partial charge in [-0.2, -0.15) is 0 Å². The second-order valence-corrected chi connectivity index (χ2v) is 4.48. The van der Waals surface area contributed by atoms with Gasteiger partial charge in [0.2, 0.25) is 0 Å². The van der Waals surface area contributed by atoms with Gasteiger partial charge >= 0.3 is 11.9 Å². The number of aliphatic carboxylic acids is 2. The smallest absolute Gasteiger partial charge is 0.322 e. The molecule has 0 bridgehead atoms. The normalized spacial score (nSPS) is 10.5. The number of hydrogen-bond acceptors (Lipinski definition) is 2. The molecule has 0 spiro atoms. The van der Waals surface area contributed by atoms with Crippen molar-refractivity contribution in [3.8, 4) is 0 Å². The van der Waals surface area contributed by atoms with Crippen LogP contribution in [-0.4, -0.2) is 22.2 Å². The molecule has 1 rings (SSSR count). The lowest BCUT2D eigenvalue weighted by Crippen LogP contribution is -2.23. The molecule has 2 N–H and O–H groups in total. The van der Waals surface area contributed by atoms with Crippen molar-refractivity contribution in [3.63, 3.8) is 0 Å². The fourth-order valence-electron chi connectivity index (χ4n) is 1.73. The van der Waals surface area contributed by atoms with Crippen LogP contribution in [0.3, 0.4) is 0 Å². The van der Waals surface area contributed by atoms with E-state index >= 15 is 0 Å². The molecule has 0 aromatic heterocycles. The lowest BCUT2D eigenvalue weighted by molar-refractivity contribution is -0.150. The number of aryl methyl sites for hydroxylation is 2. The summed E-state index contributed by atoms with van der Waals surface area (Å²) in [6.45, 7) is 3.40. The Kier molecular flexibility index (Phi) is 3.70. The Labute approximate surface area is 101 Å². The fraction of sp³-hybridized carbons (Fsp3) is 0.273. The largest absolute Gasteiger partial charge is 0.480 e. The molecule has 0 aliphatic rings. The van der Waals surface area contributed by atoms with Crippen LogP contribution in [0.15, 0.2) is 16.6 Å². The first kappa shape index (κ1) is 12.7. The van der Waals surface area contributed by atoms with E-state index in [-0.39, 0.29) is 0 Å². The molecule has 0 saturated heterocycles. The van der Waals surface area contributed by atoms with Crippen LogP contribution in [0.2, 0.25) is 0 Å². The number of halogens is 1. The van der Waals surface area contributed by atoms with Gasteiger partial charge in [0.1, 0.15) is 0 Å². The Hall–Kier alpha value is -1.36. The van der Waals surface area contributed by atoms with E-state index in [2.05, 4.69) is 15.9 Å². The summed E-state index contributed by atoms with van der Waals surface area (Å²) in [5.74, 6) is -4.20. The highest BCUT2D eigenvalue weighted by Crippen LogP contribution is 2.27. The lowest BCUT2D eigenvalue weighted by atomic mass is 9.91. The van der Waals surface area contributed by atoms with Crippen molar-refractivity contribution >= 4 is 27.9 Å². The van der Waals surface area contributed by atoms with Crippen molar-refractivity contribution in [1.82, 2.24) is 0 Å². The number of hydrogen-bond donors (Lipinski definition) is 2. The minimum atomic E-state index is -1.51. The van der Waals surface area contributed by atoms with Crippen molar-refractivity contribution in [3.05, 3.63) is 33.3 Å². The van der Waals surface area contributed by atoms with Crippen LogP contribution < -0.4 is 0 Å². The Morgan fingerprint density at radius 3 is 1.81 bits per heavy atom. The van der Waals surface area contributed by atoms with Crippen molar-refractivity contribution in [2.24, 2.45) is 0 Å². The summed E-state index contributed by atoms with van der Waals surface area (Å²) in [5.41, 5.74) is 1.66. The molecule has 1 aromatic rings. The number of carbonyl (C=O) groups is 2. The summed E-state index contributed by atoms with van der Waals surface area (Å²) in [7, 11) is 0. The van der Waals surface area contributed by atoms with Crippen molar-refractivity contribution in [1.29, 1.82) is 0 Å². The first-order chi connectivity index (χ1) is 7.34. The summed E-state index contributed by atoms with van der Waals surface area (Å²) in [5, 5.41) is 17.8. The fourth-order valence-corrected chi connectivity index (χ4v) is 2.42. The number of carboxylic acid groups (broad SMARTS) is 2. The van der Waals surface area contributed by atoms with Gasteiger partial charge in [-0.3, -0.25) is 9.59 Å². The van der Waals surface area contributed by atoms with E-state index in [4.69, 9.17) is 10.2 Å². The molecule has 0 aliphatic carbocycles. The summed E-state index contributed by atoms with van der Waals surface area (Å²) in [4.78, 5) is 21.9. The molecular formula is C11H11BrO4. The third-order valence-corrected chi connectivity index (χ3v) is 2.80. The third kappa shape index (κ3) is 2.41. The lowest BCUT2D eigenvalue weighted by Gasteiger charge is -2.14. The highest BCUT2D eigenvalue weighted by Gasteiger charge is 2.30. The number of carboxylic acids is 2. The van der Waals surface area contributed by atoms with Crippen LogP contribution in [-0.2, 0) is 9.59 Å². The van der Waals surface area contributed by atoms with Gasteiger partial charge in [0.05, 0.1) is 0 Å². The maximum absolute atomic E-state index is 10.9. The predicted molar refractivity (Wildman–Crippen MR) is 61.6 cm³/mol. The number of benzene rings is 1. The van der Waals surface area contributed by atoms with Gasteiger partial charge in [-0.05, 0) is 42.7 Å². The molecule has 1 aromatic carbocycles.